The lowest BCUT2D eigenvalue weighted by molar-refractivity contribution is 0.574. The van der Waals surface area contributed by atoms with Gasteiger partial charge < -0.3 is 5.32 Å². The molecule has 0 saturated carbocycles. The van der Waals surface area contributed by atoms with E-state index >= 15 is 0 Å². The van der Waals surface area contributed by atoms with Gasteiger partial charge in [-0.15, -0.1) is 0 Å². The summed E-state index contributed by atoms with van der Waals surface area (Å²) in [7, 11) is -3.61. The molecular weight excluding hydrogens is 280 g/mol. The number of rotatable bonds is 7. The quantitative estimate of drug-likeness (QED) is 0.812. The average molecular weight is 302 g/mol. The van der Waals surface area contributed by atoms with Gasteiger partial charge in [-0.2, -0.15) is 11.8 Å². The lowest BCUT2D eigenvalue weighted by atomic mass is 10.0. The second-order valence-corrected chi connectivity index (χ2v) is 7.35. The molecule has 4 nitrogen and oxygen atoms in total. The molecule has 108 valence electrons. The van der Waals surface area contributed by atoms with E-state index in [2.05, 4.69) is 25.4 Å². The van der Waals surface area contributed by atoms with Crippen molar-refractivity contribution < 1.29 is 8.42 Å². The van der Waals surface area contributed by atoms with E-state index in [0.717, 1.165) is 25.1 Å². The van der Waals surface area contributed by atoms with E-state index < -0.39 is 10.0 Å². The highest BCUT2D eigenvalue weighted by atomic mass is 32.2. The lowest BCUT2D eigenvalue weighted by Crippen LogP contribution is -2.31. The first-order valence-electron chi connectivity index (χ1n) is 6.29. The van der Waals surface area contributed by atoms with Crippen molar-refractivity contribution in [3.63, 3.8) is 0 Å². The molecule has 19 heavy (non-hydrogen) atoms. The maximum absolute atomic E-state index is 11.2. The third-order valence-corrected chi connectivity index (χ3v) is 6.04. The zero-order valence-corrected chi connectivity index (χ0v) is 13.3. The molecule has 0 aliphatic carbocycles. The molecule has 1 aromatic carbocycles. The average Bonchev–Trinajstić information content (AvgIpc) is 2.40. The fourth-order valence-corrected chi connectivity index (χ4v) is 3.20. The minimum absolute atomic E-state index is 0.139. The Morgan fingerprint density at radius 2 is 1.74 bits per heavy atom. The summed E-state index contributed by atoms with van der Waals surface area (Å²) in [5.74, 6) is 0. The summed E-state index contributed by atoms with van der Waals surface area (Å²) in [5, 5.41) is 8.42. The van der Waals surface area contributed by atoms with Crippen molar-refractivity contribution in [1.82, 2.24) is 0 Å². The minimum Gasteiger partial charge on any atom is -0.384 e. The van der Waals surface area contributed by atoms with Crippen molar-refractivity contribution in [1.29, 1.82) is 0 Å². The van der Waals surface area contributed by atoms with E-state index in [0.29, 0.717) is 0 Å². The summed E-state index contributed by atoms with van der Waals surface area (Å²) in [4.78, 5) is 0.139. The Kier molecular flexibility index (Phi) is 5.70. The van der Waals surface area contributed by atoms with Crippen LogP contribution in [0, 0.1) is 0 Å². The van der Waals surface area contributed by atoms with Gasteiger partial charge in [-0.3, -0.25) is 0 Å². The Hall–Kier alpha value is -0.720. The number of benzene rings is 1. The van der Waals surface area contributed by atoms with Gasteiger partial charge in [-0.1, -0.05) is 13.8 Å². The van der Waals surface area contributed by atoms with Gasteiger partial charge in [0.2, 0.25) is 10.0 Å². The van der Waals surface area contributed by atoms with Crippen LogP contribution in [-0.4, -0.2) is 26.0 Å². The van der Waals surface area contributed by atoms with Crippen molar-refractivity contribution in [2.45, 2.75) is 36.3 Å². The number of nitrogens with one attached hydrogen (secondary N) is 1. The minimum atomic E-state index is -3.61. The molecule has 0 radical (unpaired) electrons. The number of anilines is 1. The van der Waals surface area contributed by atoms with E-state index in [9.17, 15) is 8.42 Å². The number of hydrogen-bond acceptors (Lipinski definition) is 4. The van der Waals surface area contributed by atoms with Crippen LogP contribution in [0.15, 0.2) is 29.2 Å². The standard InChI is InChI=1S/C13H22N2O2S2/c1-4-13(5-2,18-3)10-15-11-6-8-12(9-7-11)19(14,16)17/h6-9,15H,4-5,10H2,1-3H3,(H2,14,16,17). The van der Waals surface area contributed by atoms with Crippen LogP contribution in [0.3, 0.4) is 0 Å². The Labute approximate surface area is 120 Å². The normalized spacial score (nSPS) is 12.4. The van der Waals surface area contributed by atoms with Crippen molar-refractivity contribution in [2.75, 3.05) is 18.1 Å². The van der Waals surface area contributed by atoms with E-state index in [-0.39, 0.29) is 9.64 Å². The first-order valence-corrected chi connectivity index (χ1v) is 9.06. The van der Waals surface area contributed by atoms with Crippen LogP contribution >= 0.6 is 11.8 Å². The Bertz CT molecular complexity index is 486. The molecule has 0 aliphatic rings. The molecule has 6 heteroatoms. The number of nitrogens with two attached hydrogens (primary N) is 1. The topological polar surface area (TPSA) is 72.2 Å². The molecule has 0 amide bonds. The molecule has 0 aromatic heterocycles. The summed E-state index contributed by atoms with van der Waals surface area (Å²) in [6.45, 7) is 5.23. The Balaban J connectivity index is 2.74. The van der Waals surface area contributed by atoms with Gasteiger partial charge in [0, 0.05) is 17.0 Å². The summed E-state index contributed by atoms with van der Waals surface area (Å²) >= 11 is 1.87. The van der Waals surface area contributed by atoms with Gasteiger partial charge in [0.15, 0.2) is 0 Å². The van der Waals surface area contributed by atoms with E-state index in [1.54, 1.807) is 12.1 Å². The SMILES string of the molecule is CCC(CC)(CNc1ccc(S(N)(=O)=O)cc1)SC. The van der Waals surface area contributed by atoms with Gasteiger partial charge in [0.1, 0.15) is 0 Å². The van der Waals surface area contributed by atoms with Crippen molar-refractivity contribution >= 4 is 27.5 Å². The van der Waals surface area contributed by atoms with Crippen molar-refractivity contribution in [3.05, 3.63) is 24.3 Å². The van der Waals surface area contributed by atoms with Crippen LogP contribution in [0.2, 0.25) is 0 Å². The summed E-state index contributed by atoms with van der Waals surface area (Å²) < 4.78 is 22.5. The van der Waals surface area contributed by atoms with Crippen molar-refractivity contribution in [3.8, 4) is 0 Å². The number of thioether (sulfide) groups is 1. The molecule has 0 spiro atoms. The fraction of sp³-hybridized carbons (Fsp3) is 0.538. The Morgan fingerprint density at radius 1 is 1.21 bits per heavy atom. The molecule has 0 fully saturated rings. The zero-order valence-electron chi connectivity index (χ0n) is 11.6. The second kappa shape index (κ2) is 6.63. The maximum Gasteiger partial charge on any atom is 0.238 e. The van der Waals surface area contributed by atoms with Crippen molar-refractivity contribution in [2.24, 2.45) is 5.14 Å². The predicted molar refractivity (Wildman–Crippen MR) is 83.1 cm³/mol. The number of hydrogen-bond donors (Lipinski definition) is 2. The molecule has 0 unspecified atom stereocenters. The molecule has 3 N–H and O–H groups in total. The van der Waals surface area contributed by atoms with Crippen LogP contribution in [0.25, 0.3) is 0 Å². The van der Waals surface area contributed by atoms with Crippen LogP contribution < -0.4 is 10.5 Å². The third kappa shape index (κ3) is 4.40. The van der Waals surface area contributed by atoms with E-state index in [1.807, 2.05) is 11.8 Å². The molecule has 0 saturated heterocycles. The highest BCUT2D eigenvalue weighted by Gasteiger charge is 2.24. The van der Waals surface area contributed by atoms with E-state index in [4.69, 9.17) is 5.14 Å². The molecule has 0 aliphatic heterocycles. The Morgan fingerprint density at radius 3 is 2.11 bits per heavy atom. The van der Waals surface area contributed by atoms with Crippen LogP contribution in [0.4, 0.5) is 5.69 Å². The van der Waals surface area contributed by atoms with Crippen LogP contribution in [-0.2, 0) is 10.0 Å². The fourth-order valence-electron chi connectivity index (χ4n) is 1.89. The van der Waals surface area contributed by atoms with Gasteiger partial charge in [-0.05, 0) is 43.4 Å². The number of sulfonamides is 1. The molecule has 0 atom stereocenters. The van der Waals surface area contributed by atoms with Gasteiger partial charge in [0.25, 0.3) is 0 Å². The lowest BCUT2D eigenvalue weighted by Gasteiger charge is -2.30. The van der Waals surface area contributed by atoms with Gasteiger partial charge >= 0.3 is 0 Å². The highest BCUT2D eigenvalue weighted by Crippen LogP contribution is 2.30. The van der Waals surface area contributed by atoms with E-state index in [1.165, 1.54) is 12.1 Å². The molecule has 0 bridgehead atoms. The predicted octanol–water partition coefficient (Wildman–Crippen LogP) is 2.67. The van der Waals surface area contributed by atoms with Gasteiger partial charge in [0.05, 0.1) is 4.90 Å². The van der Waals surface area contributed by atoms with Gasteiger partial charge in [-0.25, -0.2) is 13.6 Å². The zero-order chi connectivity index (χ0) is 14.5. The molecule has 1 aromatic rings. The highest BCUT2D eigenvalue weighted by molar-refractivity contribution is 8.00. The van der Waals surface area contributed by atoms with Crippen LogP contribution in [0.5, 0.6) is 0 Å². The third-order valence-electron chi connectivity index (χ3n) is 3.52. The largest absolute Gasteiger partial charge is 0.384 e. The first-order chi connectivity index (χ1) is 8.87. The smallest absolute Gasteiger partial charge is 0.238 e. The maximum atomic E-state index is 11.2. The molecule has 1 rings (SSSR count). The monoisotopic (exact) mass is 302 g/mol. The number of primary sulfonamides is 1. The summed E-state index contributed by atoms with van der Waals surface area (Å²) in [6.07, 6.45) is 4.30. The van der Waals surface area contributed by atoms with Crippen LogP contribution in [0.1, 0.15) is 26.7 Å². The first kappa shape index (κ1) is 16.3. The second-order valence-electron chi connectivity index (χ2n) is 4.52. The molecule has 0 heterocycles. The summed E-state index contributed by atoms with van der Waals surface area (Å²) in [6, 6.07) is 6.54. The summed E-state index contributed by atoms with van der Waals surface area (Å²) in [5.41, 5.74) is 0.910. The molecular formula is C13H22N2O2S2.